The molecule has 23 heavy (non-hydrogen) atoms. The van der Waals surface area contributed by atoms with E-state index in [1.54, 1.807) is 25.1 Å². The predicted octanol–water partition coefficient (Wildman–Crippen LogP) is 2.71. The van der Waals surface area contributed by atoms with Gasteiger partial charge in [-0.05, 0) is 37.5 Å². The van der Waals surface area contributed by atoms with Gasteiger partial charge in [0.15, 0.2) is 11.5 Å². The molecule has 0 radical (unpaired) electrons. The summed E-state index contributed by atoms with van der Waals surface area (Å²) in [6.45, 7) is 6.46. The van der Waals surface area contributed by atoms with Crippen LogP contribution >= 0.6 is 0 Å². The summed E-state index contributed by atoms with van der Waals surface area (Å²) in [7, 11) is 1.51. The van der Waals surface area contributed by atoms with Crippen molar-refractivity contribution in [2.24, 2.45) is 5.92 Å². The van der Waals surface area contributed by atoms with Crippen LogP contribution in [0.15, 0.2) is 18.2 Å². The number of amides is 1. The number of hydrogen-bond donors (Lipinski definition) is 2. The number of carboxylic acids is 1. The van der Waals surface area contributed by atoms with Gasteiger partial charge in [0.2, 0.25) is 0 Å². The van der Waals surface area contributed by atoms with Gasteiger partial charge >= 0.3 is 5.97 Å². The monoisotopic (exact) mass is 323 g/mol. The van der Waals surface area contributed by atoms with Gasteiger partial charge in [0.25, 0.3) is 5.91 Å². The molecule has 0 saturated carbocycles. The highest BCUT2D eigenvalue weighted by Crippen LogP contribution is 2.28. The molecule has 0 aliphatic carbocycles. The smallest absolute Gasteiger partial charge is 0.305 e. The fourth-order valence-corrected chi connectivity index (χ4v) is 1.95. The first kappa shape index (κ1) is 18.8. The van der Waals surface area contributed by atoms with Crippen LogP contribution in [0.1, 0.15) is 44.0 Å². The van der Waals surface area contributed by atoms with E-state index in [0.29, 0.717) is 29.6 Å². The van der Waals surface area contributed by atoms with E-state index < -0.39 is 12.0 Å². The number of nitrogens with one attached hydrogen (secondary N) is 1. The molecule has 1 aromatic rings. The van der Waals surface area contributed by atoms with Gasteiger partial charge in [0.1, 0.15) is 0 Å². The topological polar surface area (TPSA) is 84.9 Å². The number of methoxy groups -OCH3 is 1. The van der Waals surface area contributed by atoms with Gasteiger partial charge in [-0.3, -0.25) is 9.59 Å². The van der Waals surface area contributed by atoms with E-state index in [-0.39, 0.29) is 12.3 Å². The van der Waals surface area contributed by atoms with Crippen LogP contribution in [-0.2, 0) is 4.79 Å². The van der Waals surface area contributed by atoms with Gasteiger partial charge in [-0.2, -0.15) is 0 Å². The zero-order valence-corrected chi connectivity index (χ0v) is 14.1. The molecule has 0 bridgehead atoms. The van der Waals surface area contributed by atoms with E-state index in [0.717, 1.165) is 6.42 Å². The SMILES string of the molecule is COc1cc(C(=O)NC(C)CC(=O)O)ccc1OCCC(C)C. The molecular weight excluding hydrogens is 298 g/mol. The van der Waals surface area contributed by atoms with Crippen molar-refractivity contribution in [3.8, 4) is 11.5 Å². The largest absolute Gasteiger partial charge is 0.493 e. The molecule has 1 aromatic carbocycles. The number of aliphatic carboxylic acids is 1. The van der Waals surface area contributed by atoms with Crippen molar-refractivity contribution >= 4 is 11.9 Å². The highest BCUT2D eigenvalue weighted by Gasteiger charge is 2.15. The second-order valence-electron chi connectivity index (χ2n) is 5.87. The maximum atomic E-state index is 12.1. The molecule has 0 saturated heterocycles. The third kappa shape index (κ3) is 6.59. The molecule has 1 unspecified atom stereocenters. The summed E-state index contributed by atoms with van der Waals surface area (Å²) in [5, 5.41) is 11.4. The average molecular weight is 323 g/mol. The van der Waals surface area contributed by atoms with Gasteiger partial charge < -0.3 is 19.9 Å². The minimum absolute atomic E-state index is 0.126. The Kier molecular flexibility index (Phi) is 7.38. The highest BCUT2D eigenvalue weighted by molar-refractivity contribution is 5.95. The summed E-state index contributed by atoms with van der Waals surface area (Å²) in [6, 6.07) is 4.47. The molecule has 1 atom stereocenters. The van der Waals surface area contributed by atoms with Crippen LogP contribution in [0.25, 0.3) is 0 Å². The van der Waals surface area contributed by atoms with Gasteiger partial charge in [0.05, 0.1) is 20.1 Å². The van der Waals surface area contributed by atoms with Gasteiger partial charge in [-0.25, -0.2) is 0 Å². The third-order valence-corrected chi connectivity index (χ3v) is 3.24. The number of hydrogen-bond acceptors (Lipinski definition) is 4. The number of ether oxygens (including phenoxy) is 2. The fraction of sp³-hybridized carbons (Fsp3) is 0.529. The van der Waals surface area contributed by atoms with Crippen molar-refractivity contribution in [3.63, 3.8) is 0 Å². The van der Waals surface area contributed by atoms with E-state index in [1.807, 2.05) is 0 Å². The van der Waals surface area contributed by atoms with Gasteiger partial charge in [0, 0.05) is 11.6 Å². The van der Waals surface area contributed by atoms with E-state index in [9.17, 15) is 9.59 Å². The van der Waals surface area contributed by atoms with Crippen LogP contribution in [-0.4, -0.2) is 36.7 Å². The Hall–Kier alpha value is -2.24. The van der Waals surface area contributed by atoms with Gasteiger partial charge in [-0.1, -0.05) is 13.8 Å². The van der Waals surface area contributed by atoms with Crippen molar-refractivity contribution in [2.45, 2.75) is 39.7 Å². The zero-order valence-electron chi connectivity index (χ0n) is 14.1. The van der Waals surface area contributed by atoms with Crippen LogP contribution < -0.4 is 14.8 Å². The third-order valence-electron chi connectivity index (χ3n) is 3.24. The number of carbonyl (C=O) groups excluding carboxylic acids is 1. The lowest BCUT2D eigenvalue weighted by molar-refractivity contribution is -0.137. The molecule has 128 valence electrons. The van der Waals surface area contributed by atoms with Crippen molar-refractivity contribution in [3.05, 3.63) is 23.8 Å². The lowest BCUT2D eigenvalue weighted by Gasteiger charge is -2.14. The van der Waals surface area contributed by atoms with E-state index in [1.165, 1.54) is 7.11 Å². The quantitative estimate of drug-likeness (QED) is 0.730. The lowest BCUT2D eigenvalue weighted by Crippen LogP contribution is -2.34. The van der Waals surface area contributed by atoms with E-state index in [2.05, 4.69) is 19.2 Å². The summed E-state index contributed by atoms with van der Waals surface area (Å²) < 4.78 is 10.9. The highest BCUT2D eigenvalue weighted by atomic mass is 16.5. The van der Waals surface area contributed by atoms with Crippen molar-refractivity contribution < 1.29 is 24.2 Å². The Morgan fingerprint density at radius 2 is 1.91 bits per heavy atom. The van der Waals surface area contributed by atoms with Crippen molar-refractivity contribution in [1.82, 2.24) is 5.32 Å². The molecule has 6 nitrogen and oxygen atoms in total. The Balaban J connectivity index is 2.73. The minimum atomic E-state index is -0.954. The van der Waals surface area contributed by atoms with E-state index in [4.69, 9.17) is 14.6 Å². The first-order valence-electron chi connectivity index (χ1n) is 7.67. The zero-order chi connectivity index (χ0) is 17.4. The Morgan fingerprint density at radius 3 is 2.48 bits per heavy atom. The summed E-state index contributed by atoms with van der Waals surface area (Å²) in [4.78, 5) is 22.8. The van der Waals surface area contributed by atoms with Crippen LogP contribution in [0, 0.1) is 5.92 Å². The lowest BCUT2D eigenvalue weighted by atomic mass is 10.1. The molecule has 0 aromatic heterocycles. The molecule has 1 amide bonds. The van der Waals surface area contributed by atoms with Crippen molar-refractivity contribution in [1.29, 1.82) is 0 Å². The fourth-order valence-electron chi connectivity index (χ4n) is 1.95. The average Bonchev–Trinajstić information content (AvgIpc) is 2.45. The van der Waals surface area contributed by atoms with Gasteiger partial charge in [-0.15, -0.1) is 0 Å². The molecule has 0 aliphatic heterocycles. The number of carboxylic acid groups (broad SMARTS) is 1. The normalized spacial score (nSPS) is 11.9. The first-order valence-corrected chi connectivity index (χ1v) is 7.67. The van der Waals surface area contributed by atoms with Crippen LogP contribution in [0.5, 0.6) is 11.5 Å². The second-order valence-corrected chi connectivity index (χ2v) is 5.87. The summed E-state index contributed by atoms with van der Waals surface area (Å²) in [5.74, 6) is 0.312. The molecule has 0 fully saturated rings. The number of carbonyl (C=O) groups is 2. The molecule has 0 heterocycles. The second kappa shape index (κ2) is 9.02. The molecule has 0 spiro atoms. The molecule has 1 rings (SSSR count). The molecule has 0 aliphatic rings. The predicted molar refractivity (Wildman–Crippen MR) is 87.1 cm³/mol. The van der Waals surface area contributed by atoms with Crippen LogP contribution in [0.4, 0.5) is 0 Å². The number of rotatable bonds is 9. The first-order chi connectivity index (χ1) is 10.8. The summed E-state index contributed by atoms with van der Waals surface area (Å²) in [6.07, 6.45) is 0.803. The Labute approximate surface area is 136 Å². The summed E-state index contributed by atoms with van der Waals surface area (Å²) >= 11 is 0. The van der Waals surface area contributed by atoms with Crippen LogP contribution in [0.3, 0.4) is 0 Å². The maximum Gasteiger partial charge on any atom is 0.305 e. The van der Waals surface area contributed by atoms with Crippen LogP contribution in [0.2, 0.25) is 0 Å². The van der Waals surface area contributed by atoms with Crippen molar-refractivity contribution in [2.75, 3.05) is 13.7 Å². The molecule has 2 N–H and O–H groups in total. The molecular formula is C17H25NO5. The standard InChI is InChI=1S/C17H25NO5/c1-11(2)7-8-23-14-6-5-13(10-15(14)22-4)17(21)18-12(3)9-16(19)20/h5-6,10-12H,7-9H2,1-4H3,(H,18,21)(H,19,20). The Bertz CT molecular complexity index is 542. The maximum absolute atomic E-state index is 12.1. The van der Waals surface area contributed by atoms with E-state index >= 15 is 0 Å². The number of benzene rings is 1. The minimum Gasteiger partial charge on any atom is -0.493 e. The summed E-state index contributed by atoms with van der Waals surface area (Å²) in [5.41, 5.74) is 0.398. The molecule has 6 heteroatoms. The Morgan fingerprint density at radius 1 is 1.22 bits per heavy atom.